The highest BCUT2D eigenvalue weighted by atomic mass is 35.5. The minimum atomic E-state index is -0.449. The van der Waals surface area contributed by atoms with E-state index in [9.17, 15) is 4.39 Å². The molecule has 0 spiro atoms. The van der Waals surface area contributed by atoms with Crippen LogP contribution in [0.4, 0.5) is 10.1 Å². The predicted molar refractivity (Wildman–Crippen MR) is 73.0 cm³/mol. The number of nitrogens with one attached hydrogen (secondary N) is 2. The van der Waals surface area contributed by atoms with Crippen LogP contribution < -0.4 is 10.6 Å². The van der Waals surface area contributed by atoms with Gasteiger partial charge in [-0.25, -0.2) is 4.39 Å². The van der Waals surface area contributed by atoms with Crippen molar-refractivity contribution in [2.45, 2.75) is 43.8 Å². The SMILES string of the molecule is Fc1c(NC2CC3CCC(C2)N3)ccc(Cl)c1Cl. The van der Waals surface area contributed by atoms with Crippen LogP contribution in [0.15, 0.2) is 12.1 Å². The van der Waals surface area contributed by atoms with Crippen molar-refractivity contribution in [3.05, 3.63) is 28.0 Å². The maximum absolute atomic E-state index is 13.9. The van der Waals surface area contributed by atoms with Gasteiger partial charge in [-0.15, -0.1) is 0 Å². The summed E-state index contributed by atoms with van der Waals surface area (Å²) in [5.41, 5.74) is 0.454. The topological polar surface area (TPSA) is 24.1 Å². The zero-order valence-corrected chi connectivity index (χ0v) is 11.4. The first-order valence-electron chi connectivity index (χ1n) is 6.29. The second-order valence-electron chi connectivity index (χ2n) is 5.17. The molecular weight excluding hydrogens is 274 g/mol. The molecule has 1 aromatic carbocycles. The Balaban J connectivity index is 1.75. The van der Waals surface area contributed by atoms with Gasteiger partial charge in [0.25, 0.3) is 0 Å². The molecule has 0 radical (unpaired) electrons. The predicted octanol–water partition coefficient (Wildman–Crippen LogP) is 3.83. The van der Waals surface area contributed by atoms with Gasteiger partial charge in [0.1, 0.15) is 0 Å². The molecule has 5 heteroatoms. The van der Waals surface area contributed by atoms with Gasteiger partial charge in [-0.3, -0.25) is 0 Å². The Kier molecular flexibility index (Phi) is 3.39. The van der Waals surface area contributed by atoms with Crippen molar-refractivity contribution in [1.82, 2.24) is 5.32 Å². The Labute approximate surface area is 116 Å². The quantitative estimate of drug-likeness (QED) is 0.809. The van der Waals surface area contributed by atoms with E-state index in [1.165, 1.54) is 12.8 Å². The summed E-state index contributed by atoms with van der Waals surface area (Å²) in [5, 5.41) is 7.07. The van der Waals surface area contributed by atoms with Crippen LogP contribution in [0, 0.1) is 5.82 Å². The van der Waals surface area contributed by atoms with Crippen molar-refractivity contribution in [3.8, 4) is 0 Å². The van der Waals surface area contributed by atoms with Gasteiger partial charge in [-0.2, -0.15) is 0 Å². The van der Waals surface area contributed by atoms with Crippen LogP contribution in [0.3, 0.4) is 0 Å². The molecule has 2 aliphatic rings. The number of hydrogen-bond acceptors (Lipinski definition) is 2. The van der Waals surface area contributed by atoms with E-state index in [-0.39, 0.29) is 10.0 Å². The molecule has 2 atom stereocenters. The van der Waals surface area contributed by atoms with Crippen LogP contribution in [0.5, 0.6) is 0 Å². The molecule has 0 amide bonds. The van der Waals surface area contributed by atoms with E-state index in [4.69, 9.17) is 23.2 Å². The molecule has 0 aromatic heterocycles. The van der Waals surface area contributed by atoms with Crippen molar-refractivity contribution in [2.24, 2.45) is 0 Å². The summed E-state index contributed by atoms with van der Waals surface area (Å²) >= 11 is 11.6. The fraction of sp³-hybridized carbons (Fsp3) is 0.538. The van der Waals surface area contributed by atoms with Crippen molar-refractivity contribution in [1.29, 1.82) is 0 Å². The molecule has 2 aliphatic heterocycles. The molecular formula is C13H15Cl2FN2. The number of fused-ring (bicyclic) bond motifs is 2. The van der Waals surface area contributed by atoms with Gasteiger partial charge in [0.2, 0.25) is 0 Å². The second kappa shape index (κ2) is 4.87. The lowest BCUT2D eigenvalue weighted by molar-refractivity contribution is 0.377. The van der Waals surface area contributed by atoms with Crippen molar-refractivity contribution in [2.75, 3.05) is 5.32 Å². The lowest BCUT2D eigenvalue weighted by Crippen LogP contribution is -2.43. The number of rotatable bonds is 2. The van der Waals surface area contributed by atoms with Crippen LogP contribution in [0.1, 0.15) is 25.7 Å². The lowest BCUT2D eigenvalue weighted by Gasteiger charge is -2.30. The van der Waals surface area contributed by atoms with Gasteiger partial charge in [-0.1, -0.05) is 23.2 Å². The average Bonchev–Trinajstić information content (AvgIpc) is 2.70. The highest BCUT2D eigenvalue weighted by molar-refractivity contribution is 6.42. The summed E-state index contributed by atoms with van der Waals surface area (Å²) in [6, 6.07) is 4.76. The Morgan fingerprint density at radius 1 is 1.17 bits per heavy atom. The molecule has 2 heterocycles. The minimum absolute atomic E-state index is 0.00132. The molecule has 1 aromatic rings. The maximum Gasteiger partial charge on any atom is 0.166 e. The number of halogens is 3. The van der Waals surface area contributed by atoms with Crippen LogP contribution in [0.2, 0.25) is 10.0 Å². The Hall–Kier alpha value is -0.510. The number of piperidine rings is 1. The maximum atomic E-state index is 13.9. The molecule has 2 saturated heterocycles. The average molecular weight is 289 g/mol. The Bertz CT molecular complexity index is 455. The van der Waals surface area contributed by atoms with E-state index in [0.717, 1.165) is 12.8 Å². The number of hydrogen-bond donors (Lipinski definition) is 2. The van der Waals surface area contributed by atoms with E-state index < -0.39 is 5.82 Å². The molecule has 2 unspecified atom stereocenters. The Morgan fingerprint density at radius 3 is 2.50 bits per heavy atom. The molecule has 0 saturated carbocycles. The van der Waals surface area contributed by atoms with E-state index >= 15 is 0 Å². The highest BCUT2D eigenvalue weighted by Crippen LogP contribution is 2.33. The zero-order valence-electron chi connectivity index (χ0n) is 9.85. The first kappa shape index (κ1) is 12.5. The Morgan fingerprint density at radius 2 is 1.83 bits per heavy atom. The standard InChI is InChI=1S/C13H15Cl2FN2/c14-10-3-4-11(13(16)12(10)15)18-9-5-7-1-2-8(6-9)17-7/h3-4,7-9,17-18H,1-2,5-6H2. The monoisotopic (exact) mass is 288 g/mol. The molecule has 2 bridgehead atoms. The van der Waals surface area contributed by atoms with Gasteiger partial charge < -0.3 is 10.6 Å². The largest absolute Gasteiger partial charge is 0.380 e. The molecule has 2 fully saturated rings. The van der Waals surface area contributed by atoms with E-state index in [0.29, 0.717) is 23.8 Å². The lowest BCUT2D eigenvalue weighted by atomic mass is 9.99. The van der Waals surface area contributed by atoms with Gasteiger partial charge in [0.05, 0.1) is 15.7 Å². The van der Waals surface area contributed by atoms with E-state index in [1.54, 1.807) is 12.1 Å². The molecule has 18 heavy (non-hydrogen) atoms. The van der Waals surface area contributed by atoms with E-state index in [1.807, 2.05) is 0 Å². The fourth-order valence-electron chi connectivity index (χ4n) is 3.03. The summed E-state index contributed by atoms with van der Waals surface area (Å²) in [6.45, 7) is 0. The minimum Gasteiger partial charge on any atom is -0.380 e. The molecule has 2 N–H and O–H groups in total. The van der Waals surface area contributed by atoms with Crippen molar-refractivity contribution in [3.63, 3.8) is 0 Å². The number of benzene rings is 1. The van der Waals surface area contributed by atoms with Crippen molar-refractivity contribution < 1.29 is 4.39 Å². The summed E-state index contributed by atoms with van der Waals surface area (Å²) in [4.78, 5) is 0. The van der Waals surface area contributed by atoms with Crippen molar-refractivity contribution >= 4 is 28.9 Å². The summed E-state index contributed by atoms with van der Waals surface area (Å²) in [6.07, 6.45) is 4.53. The summed E-state index contributed by atoms with van der Waals surface area (Å²) < 4.78 is 13.9. The first-order chi connectivity index (χ1) is 8.63. The molecule has 98 valence electrons. The highest BCUT2D eigenvalue weighted by Gasteiger charge is 2.33. The summed E-state index contributed by atoms with van der Waals surface area (Å²) in [5.74, 6) is -0.449. The van der Waals surface area contributed by atoms with Gasteiger partial charge in [-0.05, 0) is 37.8 Å². The molecule has 3 rings (SSSR count). The molecule has 0 aliphatic carbocycles. The van der Waals surface area contributed by atoms with Crippen LogP contribution in [-0.2, 0) is 0 Å². The van der Waals surface area contributed by atoms with Crippen LogP contribution in [0.25, 0.3) is 0 Å². The third kappa shape index (κ3) is 2.31. The van der Waals surface area contributed by atoms with Crippen LogP contribution in [-0.4, -0.2) is 18.1 Å². The van der Waals surface area contributed by atoms with Gasteiger partial charge in [0, 0.05) is 18.1 Å². The van der Waals surface area contributed by atoms with E-state index in [2.05, 4.69) is 10.6 Å². The zero-order chi connectivity index (χ0) is 12.7. The van der Waals surface area contributed by atoms with Gasteiger partial charge in [0.15, 0.2) is 5.82 Å². The number of anilines is 1. The first-order valence-corrected chi connectivity index (χ1v) is 7.05. The normalized spacial score (nSPS) is 30.5. The third-order valence-corrected chi connectivity index (χ3v) is 4.65. The fourth-order valence-corrected chi connectivity index (χ4v) is 3.34. The second-order valence-corrected chi connectivity index (χ2v) is 5.96. The summed E-state index contributed by atoms with van der Waals surface area (Å²) in [7, 11) is 0. The smallest absolute Gasteiger partial charge is 0.166 e. The van der Waals surface area contributed by atoms with Gasteiger partial charge >= 0.3 is 0 Å². The van der Waals surface area contributed by atoms with Crippen LogP contribution >= 0.6 is 23.2 Å². The molecule has 2 nitrogen and oxygen atoms in total. The third-order valence-electron chi connectivity index (χ3n) is 3.87.